The average Bonchev–Trinajstić information content (AvgIpc) is 3.18. The first kappa shape index (κ1) is 24.3. The van der Waals surface area contributed by atoms with Crippen molar-refractivity contribution in [1.82, 2.24) is 4.57 Å². The van der Waals surface area contributed by atoms with E-state index in [2.05, 4.69) is 4.99 Å². The van der Waals surface area contributed by atoms with Crippen LogP contribution in [0.5, 0.6) is 11.5 Å². The van der Waals surface area contributed by atoms with E-state index in [0.29, 0.717) is 32.1 Å². The van der Waals surface area contributed by atoms with Crippen LogP contribution in [0.1, 0.15) is 16.8 Å². The third-order valence-electron chi connectivity index (χ3n) is 5.01. The minimum atomic E-state index is -3.91. The van der Waals surface area contributed by atoms with E-state index < -0.39 is 21.9 Å². The molecule has 0 atom stereocenters. The van der Waals surface area contributed by atoms with Crippen LogP contribution in [0.2, 0.25) is 0 Å². The summed E-state index contributed by atoms with van der Waals surface area (Å²) >= 11 is 1.12. The van der Waals surface area contributed by atoms with Crippen LogP contribution in [0.4, 0.5) is 0 Å². The molecule has 0 unspecified atom stereocenters. The highest BCUT2D eigenvalue weighted by Crippen LogP contribution is 2.23. The van der Waals surface area contributed by atoms with Gasteiger partial charge in [-0.1, -0.05) is 35.6 Å². The summed E-state index contributed by atoms with van der Waals surface area (Å²) < 4.78 is 36.3. The van der Waals surface area contributed by atoms with Crippen LogP contribution in [0.25, 0.3) is 10.2 Å². The third-order valence-corrected chi connectivity index (χ3v) is 6.96. The number of ether oxygens (including phenoxy) is 2. The number of hydrogen-bond donors (Lipinski definition) is 1. The van der Waals surface area contributed by atoms with Crippen molar-refractivity contribution in [2.45, 2.75) is 17.9 Å². The zero-order chi connectivity index (χ0) is 25.0. The summed E-state index contributed by atoms with van der Waals surface area (Å²) in [4.78, 5) is 29.3. The lowest BCUT2D eigenvalue weighted by molar-refractivity contribution is -0.140. The number of nitrogens with two attached hydrogens (primary N) is 1. The van der Waals surface area contributed by atoms with E-state index in [0.717, 1.165) is 11.3 Å². The van der Waals surface area contributed by atoms with E-state index in [-0.39, 0.29) is 17.9 Å². The Hall–Kier alpha value is -3.80. The second-order valence-corrected chi connectivity index (χ2v) is 9.97. The van der Waals surface area contributed by atoms with Gasteiger partial charge in [0.05, 0.1) is 28.6 Å². The van der Waals surface area contributed by atoms with Gasteiger partial charge in [0.15, 0.2) is 4.80 Å². The van der Waals surface area contributed by atoms with Crippen LogP contribution in [0.3, 0.4) is 0 Å². The van der Waals surface area contributed by atoms with Crippen molar-refractivity contribution in [3.05, 3.63) is 83.2 Å². The maximum atomic E-state index is 13.0. The Balaban J connectivity index is 1.73. The third kappa shape index (κ3) is 5.83. The standard InChI is InChI=1S/C24H21N3O6S2/c1-32-22(28)12-13-27-20-11-10-19(35(25,30)31)15-21(20)34-24(27)26-23(29)16-6-5-9-18(14-16)33-17-7-3-2-4-8-17/h2-11,14-15H,12-13H2,1H3,(H2,25,30,31). The lowest BCUT2D eigenvalue weighted by atomic mass is 10.2. The van der Waals surface area contributed by atoms with Crippen molar-refractivity contribution in [1.29, 1.82) is 0 Å². The molecule has 3 aromatic carbocycles. The summed E-state index contributed by atoms with van der Waals surface area (Å²) in [6.07, 6.45) is 0.0427. The van der Waals surface area contributed by atoms with Gasteiger partial charge in [0, 0.05) is 12.1 Å². The van der Waals surface area contributed by atoms with Crippen LogP contribution in [0.15, 0.2) is 82.7 Å². The Kier molecular flexibility index (Phi) is 7.10. The number of hydrogen-bond acceptors (Lipinski definition) is 7. The van der Waals surface area contributed by atoms with Gasteiger partial charge in [-0.05, 0) is 48.5 Å². The Morgan fingerprint density at radius 1 is 1.00 bits per heavy atom. The fourth-order valence-corrected chi connectivity index (χ4v) is 5.01. The number of fused-ring (bicyclic) bond motifs is 1. The van der Waals surface area contributed by atoms with E-state index in [1.54, 1.807) is 47.0 Å². The lowest BCUT2D eigenvalue weighted by Crippen LogP contribution is -2.19. The van der Waals surface area contributed by atoms with E-state index in [4.69, 9.17) is 14.6 Å². The maximum Gasteiger partial charge on any atom is 0.307 e. The fourth-order valence-electron chi connectivity index (χ4n) is 3.31. The second-order valence-electron chi connectivity index (χ2n) is 7.40. The van der Waals surface area contributed by atoms with Gasteiger partial charge in [-0.25, -0.2) is 13.6 Å². The van der Waals surface area contributed by atoms with Gasteiger partial charge in [0.25, 0.3) is 5.91 Å². The van der Waals surface area contributed by atoms with Gasteiger partial charge < -0.3 is 14.0 Å². The molecule has 0 aliphatic carbocycles. The van der Waals surface area contributed by atoms with E-state index in [1.165, 1.54) is 19.2 Å². The number of aryl methyl sites for hydroxylation is 1. The zero-order valence-corrected chi connectivity index (χ0v) is 20.2. The van der Waals surface area contributed by atoms with Crippen molar-refractivity contribution in [3.8, 4) is 11.5 Å². The Morgan fingerprint density at radius 3 is 2.46 bits per heavy atom. The monoisotopic (exact) mass is 511 g/mol. The molecule has 180 valence electrons. The predicted octanol–water partition coefficient (Wildman–Crippen LogP) is 3.45. The summed E-state index contributed by atoms with van der Waals surface area (Å²) in [5.41, 5.74) is 0.916. The molecule has 0 bridgehead atoms. The maximum absolute atomic E-state index is 13.0. The van der Waals surface area contributed by atoms with Crippen LogP contribution >= 0.6 is 11.3 Å². The van der Waals surface area contributed by atoms with E-state index >= 15 is 0 Å². The molecule has 0 aliphatic heterocycles. The number of carbonyl (C=O) groups is 2. The molecule has 1 amide bonds. The van der Waals surface area contributed by atoms with Gasteiger partial charge >= 0.3 is 5.97 Å². The van der Waals surface area contributed by atoms with Crippen molar-refractivity contribution >= 4 is 43.5 Å². The molecule has 0 aliphatic rings. The number of para-hydroxylation sites is 1. The quantitative estimate of drug-likeness (QED) is 0.378. The first-order valence-corrected chi connectivity index (χ1v) is 12.8. The van der Waals surface area contributed by atoms with E-state index in [9.17, 15) is 18.0 Å². The summed E-state index contributed by atoms with van der Waals surface area (Å²) in [6, 6.07) is 20.1. The fraction of sp³-hybridized carbons (Fsp3) is 0.125. The Morgan fingerprint density at radius 2 is 1.74 bits per heavy atom. The summed E-state index contributed by atoms with van der Waals surface area (Å²) in [5, 5.41) is 5.25. The number of primary sulfonamides is 1. The molecule has 4 aromatic rings. The molecule has 1 aromatic heterocycles. The van der Waals surface area contributed by atoms with Crippen LogP contribution in [0, 0.1) is 0 Å². The van der Waals surface area contributed by atoms with Gasteiger partial charge in [0.1, 0.15) is 11.5 Å². The molecular weight excluding hydrogens is 490 g/mol. The number of esters is 1. The van der Waals surface area contributed by atoms with Gasteiger partial charge in [0.2, 0.25) is 10.0 Å². The van der Waals surface area contributed by atoms with Crippen LogP contribution < -0.4 is 14.7 Å². The molecule has 0 fully saturated rings. The molecule has 0 saturated carbocycles. The topological polar surface area (TPSA) is 130 Å². The molecule has 35 heavy (non-hydrogen) atoms. The molecule has 0 radical (unpaired) electrons. The highest BCUT2D eigenvalue weighted by Gasteiger charge is 2.15. The molecule has 0 spiro atoms. The predicted molar refractivity (Wildman–Crippen MR) is 131 cm³/mol. The average molecular weight is 512 g/mol. The molecule has 2 N–H and O–H groups in total. The molecule has 9 nitrogen and oxygen atoms in total. The Bertz CT molecular complexity index is 1570. The van der Waals surface area contributed by atoms with Gasteiger partial charge in [-0.2, -0.15) is 4.99 Å². The van der Waals surface area contributed by atoms with Crippen molar-refractivity contribution in [2.75, 3.05) is 7.11 Å². The highest BCUT2D eigenvalue weighted by atomic mass is 32.2. The molecule has 4 rings (SSSR count). The first-order valence-electron chi connectivity index (χ1n) is 10.4. The van der Waals surface area contributed by atoms with Crippen molar-refractivity contribution in [3.63, 3.8) is 0 Å². The van der Waals surface area contributed by atoms with Crippen molar-refractivity contribution < 1.29 is 27.5 Å². The highest BCUT2D eigenvalue weighted by molar-refractivity contribution is 7.89. The second kappa shape index (κ2) is 10.2. The van der Waals surface area contributed by atoms with Crippen LogP contribution in [-0.4, -0.2) is 32.0 Å². The van der Waals surface area contributed by atoms with Crippen LogP contribution in [-0.2, 0) is 26.1 Å². The number of sulfonamides is 1. The van der Waals surface area contributed by atoms with Gasteiger partial charge in [-0.3, -0.25) is 9.59 Å². The minimum absolute atomic E-state index is 0.0427. The van der Waals surface area contributed by atoms with Crippen molar-refractivity contribution in [2.24, 2.45) is 10.1 Å². The SMILES string of the molecule is COC(=O)CCn1c(=NC(=O)c2cccc(Oc3ccccc3)c2)sc2cc(S(N)(=O)=O)ccc21. The smallest absolute Gasteiger partial charge is 0.307 e. The lowest BCUT2D eigenvalue weighted by Gasteiger charge is -2.06. The number of aromatic nitrogens is 1. The summed E-state index contributed by atoms with van der Waals surface area (Å²) in [7, 11) is -2.62. The zero-order valence-electron chi connectivity index (χ0n) is 18.6. The summed E-state index contributed by atoms with van der Waals surface area (Å²) in [6.45, 7) is 0.185. The number of rotatable bonds is 7. The number of methoxy groups -OCH3 is 1. The summed E-state index contributed by atoms with van der Waals surface area (Å²) in [5.74, 6) is 0.157. The first-order chi connectivity index (χ1) is 16.7. The molecular formula is C24H21N3O6S2. The molecule has 11 heteroatoms. The number of benzene rings is 3. The minimum Gasteiger partial charge on any atom is -0.469 e. The number of nitrogens with zero attached hydrogens (tertiary/aromatic N) is 2. The van der Waals surface area contributed by atoms with E-state index in [1.807, 2.05) is 18.2 Å². The largest absolute Gasteiger partial charge is 0.469 e. The number of thiazole rings is 1. The molecule has 0 saturated heterocycles. The molecule has 1 heterocycles. The Labute approximate surface area is 205 Å². The van der Waals surface area contributed by atoms with Gasteiger partial charge in [-0.15, -0.1) is 0 Å². The normalized spacial score (nSPS) is 12.0. The number of carbonyl (C=O) groups excluding carboxylic acids is 2. The number of amides is 1.